The highest BCUT2D eigenvalue weighted by Crippen LogP contribution is 2.44. The van der Waals surface area contributed by atoms with Gasteiger partial charge in [-0.3, -0.25) is 4.79 Å². The topological polar surface area (TPSA) is 42.0 Å². The Kier molecular flexibility index (Phi) is 4.69. The van der Waals surface area contributed by atoms with Crippen molar-refractivity contribution >= 4 is 23.2 Å². The van der Waals surface area contributed by atoms with Crippen molar-refractivity contribution in [2.75, 3.05) is 5.32 Å². The van der Waals surface area contributed by atoms with Crippen LogP contribution in [0.4, 0.5) is 5.69 Å². The summed E-state index contributed by atoms with van der Waals surface area (Å²) in [7, 11) is 0. The van der Waals surface area contributed by atoms with E-state index in [1.807, 2.05) is 13.0 Å². The second-order valence-electron chi connectivity index (χ2n) is 6.39. The van der Waals surface area contributed by atoms with Crippen LogP contribution in [0.25, 0.3) is 0 Å². The first-order valence-electron chi connectivity index (χ1n) is 7.36. The van der Waals surface area contributed by atoms with Crippen molar-refractivity contribution in [3.8, 4) is 0 Å². The van der Waals surface area contributed by atoms with Gasteiger partial charge in [-0.05, 0) is 43.7 Å². The molecule has 0 aromatic carbocycles. The zero-order chi connectivity index (χ0) is 14.8. The fourth-order valence-corrected chi connectivity index (χ4v) is 3.40. The standard InChI is InChI=1S/C16H23ClN2O/c1-11(2)9-16(6-4-5-7-16)15(20)19-13-8-12(3)10-18-14(13)17/h8,10-11H,4-7,9H2,1-3H3,(H,19,20). The number of pyridine rings is 1. The monoisotopic (exact) mass is 294 g/mol. The third kappa shape index (κ3) is 3.32. The van der Waals surface area contributed by atoms with Gasteiger partial charge in [0.2, 0.25) is 5.91 Å². The first kappa shape index (κ1) is 15.3. The Balaban J connectivity index is 2.18. The summed E-state index contributed by atoms with van der Waals surface area (Å²) in [5, 5.41) is 3.37. The Hall–Kier alpha value is -1.09. The zero-order valence-electron chi connectivity index (χ0n) is 12.5. The maximum Gasteiger partial charge on any atom is 0.230 e. The van der Waals surface area contributed by atoms with E-state index >= 15 is 0 Å². The first-order valence-corrected chi connectivity index (χ1v) is 7.74. The molecule has 4 heteroatoms. The van der Waals surface area contributed by atoms with Crippen LogP contribution < -0.4 is 5.32 Å². The van der Waals surface area contributed by atoms with Gasteiger partial charge in [0.15, 0.2) is 5.15 Å². The average molecular weight is 295 g/mol. The molecule has 3 nitrogen and oxygen atoms in total. The molecule has 1 aliphatic carbocycles. The molecule has 1 aromatic rings. The van der Waals surface area contributed by atoms with E-state index in [9.17, 15) is 4.79 Å². The molecule has 1 amide bonds. The number of nitrogens with zero attached hydrogens (tertiary/aromatic N) is 1. The lowest BCUT2D eigenvalue weighted by Crippen LogP contribution is -2.35. The van der Waals surface area contributed by atoms with Crippen LogP contribution in [0.1, 0.15) is 51.5 Å². The van der Waals surface area contributed by atoms with E-state index in [1.165, 1.54) is 0 Å². The molecule has 0 aliphatic heterocycles. The number of carbonyl (C=O) groups is 1. The van der Waals surface area contributed by atoms with Gasteiger partial charge in [0.1, 0.15) is 0 Å². The van der Waals surface area contributed by atoms with E-state index < -0.39 is 0 Å². The normalized spacial score (nSPS) is 17.4. The summed E-state index contributed by atoms with van der Waals surface area (Å²) in [5.41, 5.74) is 1.40. The molecule has 1 fully saturated rings. The molecule has 1 aromatic heterocycles. The highest BCUT2D eigenvalue weighted by molar-refractivity contribution is 6.32. The van der Waals surface area contributed by atoms with Gasteiger partial charge in [-0.2, -0.15) is 0 Å². The van der Waals surface area contributed by atoms with Crippen molar-refractivity contribution in [1.29, 1.82) is 0 Å². The quantitative estimate of drug-likeness (QED) is 0.825. The molecule has 0 saturated heterocycles. The SMILES string of the molecule is Cc1cnc(Cl)c(NC(=O)C2(CC(C)C)CCCC2)c1. The summed E-state index contributed by atoms with van der Waals surface area (Å²) in [5.74, 6) is 0.628. The van der Waals surface area contributed by atoms with Crippen molar-refractivity contribution in [2.24, 2.45) is 11.3 Å². The third-order valence-electron chi connectivity index (χ3n) is 4.07. The molecule has 20 heavy (non-hydrogen) atoms. The molecule has 1 saturated carbocycles. The van der Waals surface area contributed by atoms with Crippen LogP contribution >= 0.6 is 11.6 Å². The molecule has 0 bridgehead atoms. The van der Waals surface area contributed by atoms with Crippen molar-refractivity contribution in [2.45, 2.75) is 52.9 Å². The molecule has 0 unspecified atom stereocenters. The summed E-state index contributed by atoms with van der Waals surface area (Å²) >= 11 is 6.07. The van der Waals surface area contributed by atoms with Crippen LogP contribution in [0.2, 0.25) is 5.15 Å². The highest BCUT2D eigenvalue weighted by atomic mass is 35.5. The van der Waals surface area contributed by atoms with Crippen LogP contribution in [-0.4, -0.2) is 10.9 Å². The van der Waals surface area contributed by atoms with E-state index in [1.54, 1.807) is 6.20 Å². The Morgan fingerprint density at radius 1 is 1.45 bits per heavy atom. The number of aryl methyl sites for hydroxylation is 1. The number of nitrogens with one attached hydrogen (secondary N) is 1. The third-order valence-corrected chi connectivity index (χ3v) is 4.37. The second-order valence-corrected chi connectivity index (χ2v) is 6.75. The largest absolute Gasteiger partial charge is 0.323 e. The summed E-state index contributed by atoms with van der Waals surface area (Å²) in [6.45, 7) is 6.29. The molecule has 2 rings (SSSR count). The lowest BCUT2D eigenvalue weighted by molar-refractivity contribution is -0.126. The molecule has 1 N–H and O–H groups in total. The van der Waals surface area contributed by atoms with Gasteiger partial charge in [-0.25, -0.2) is 4.98 Å². The Morgan fingerprint density at radius 2 is 2.10 bits per heavy atom. The molecular weight excluding hydrogens is 272 g/mol. The van der Waals surface area contributed by atoms with Crippen molar-refractivity contribution < 1.29 is 4.79 Å². The highest BCUT2D eigenvalue weighted by Gasteiger charge is 2.41. The lowest BCUT2D eigenvalue weighted by Gasteiger charge is -2.29. The van der Waals surface area contributed by atoms with Gasteiger partial charge < -0.3 is 5.32 Å². The Bertz CT molecular complexity index is 493. The van der Waals surface area contributed by atoms with Gasteiger partial charge in [-0.15, -0.1) is 0 Å². The predicted molar refractivity (Wildman–Crippen MR) is 83.0 cm³/mol. The summed E-state index contributed by atoms with van der Waals surface area (Å²) < 4.78 is 0. The summed E-state index contributed by atoms with van der Waals surface area (Å²) in [4.78, 5) is 16.8. The first-order chi connectivity index (χ1) is 9.43. The minimum Gasteiger partial charge on any atom is -0.323 e. The van der Waals surface area contributed by atoms with Crippen LogP contribution in [0.5, 0.6) is 0 Å². The summed E-state index contributed by atoms with van der Waals surface area (Å²) in [6, 6.07) is 1.88. The predicted octanol–water partition coefficient (Wildman–Crippen LogP) is 4.59. The van der Waals surface area contributed by atoms with Gasteiger partial charge in [0, 0.05) is 11.6 Å². The fourth-order valence-electron chi connectivity index (χ4n) is 3.25. The molecule has 1 aliphatic rings. The minimum absolute atomic E-state index is 0.109. The molecule has 110 valence electrons. The average Bonchev–Trinajstić information content (AvgIpc) is 2.82. The van der Waals surface area contributed by atoms with Gasteiger partial charge in [0.05, 0.1) is 5.69 Å². The molecule has 0 spiro atoms. The number of amides is 1. The number of rotatable bonds is 4. The minimum atomic E-state index is -0.221. The molecule has 1 heterocycles. The maximum absolute atomic E-state index is 12.7. The number of halogens is 1. The molecular formula is C16H23ClN2O. The van der Waals surface area contributed by atoms with E-state index in [0.29, 0.717) is 16.8 Å². The van der Waals surface area contributed by atoms with Crippen LogP contribution in [-0.2, 0) is 4.79 Å². The van der Waals surface area contributed by atoms with E-state index in [2.05, 4.69) is 24.1 Å². The van der Waals surface area contributed by atoms with Crippen LogP contribution in [0.15, 0.2) is 12.3 Å². The molecule has 0 atom stereocenters. The van der Waals surface area contributed by atoms with Gasteiger partial charge in [-0.1, -0.05) is 38.3 Å². The van der Waals surface area contributed by atoms with E-state index in [4.69, 9.17) is 11.6 Å². The van der Waals surface area contributed by atoms with Crippen LogP contribution in [0, 0.1) is 18.3 Å². The lowest BCUT2D eigenvalue weighted by atomic mass is 9.77. The second kappa shape index (κ2) is 6.13. The number of carbonyl (C=O) groups excluding carboxylic acids is 1. The number of aromatic nitrogens is 1. The number of hydrogen-bond acceptors (Lipinski definition) is 2. The zero-order valence-corrected chi connectivity index (χ0v) is 13.3. The maximum atomic E-state index is 12.7. The van der Waals surface area contributed by atoms with Crippen LogP contribution in [0.3, 0.4) is 0 Å². The Labute approximate surface area is 126 Å². The smallest absolute Gasteiger partial charge is 0.230 e. The van der Waals surface area contributed by atoms with Crippen molar-refractivity contribution in [3.63, 3.8) is 0 Å². The fraction of sp³-hybridized carbons (Fsp3) is 0.625. The van der Waals surface area contributed by atoms with Crippen molar-refractivity contribution in [3.05, 3.63) is 23.0 Å². The van der Waals surface area contributed by atoms with E-state index in [0.717, 1.165) is 37.7 Å². The van der Waals surface area contributed by atoms with Crippen molar-refractivity contribution in [1.82, 2.24) is 4.98 Å². The Morgan fingerprint density at radius 3 is 2.70 bits per heavy atom. The number of hydrogen-bond donors (Lipinski definition) is 1. The number of anilines is 1. The van der Waals surface area contributed by atoms with Gasteiger partial charge >= 0.3 is 0 Å². The van der Waals surface area contributed by atoms with E-state index in [-0.39, 0.29) is 11.3 Å². The van der Waals surface area contributed by atoms with Gasteiger partial charge in [0.25, 0.3) is 0 Å². The summed E-state index contributed by atoms with van der Waals surface area (Å²) in [6.07, 6.45) is 6.88. The molecule has 0 radical (unpaired) electrons.